The lowest BCUT2D eigenvalue weighted by Crippen LogP contribution is -2.47. The number of fused-ring (bicyclic) bond motifs is 1. The van der Waals surface area contributed by atoms with Gasteiger partial charge in [-0.05, 0) is 18.6 Å². The maximum atomic E-state index is 14.1. The van der Waals surface area contributed by atoms with Crippen LogP contribution >= 0.6 is 0 Å². The minimum Gasteiger partial charge on any atom is -0.340 e. The number of anilines is 1. The Morgan fingerprint density at radius 2 is 1.68 bits per heavy atom. The van der Waals surface area contributed by atoms with Crippen molar-refractivity contribution in [2.45, 2.75) is 20.0 Å². The maximum Gasteiger partial charge on any atom is 0.329 e. The van der Waals surface area contributed by atoms with Crippen molar-refractivity contribution >= 4 is 17.1 Å². The molecule has 1 saturated heterocycles. The topological polar surface area (TPSA) is 79.2 Å². The van der Waals surface area contributed by atoms with E-state index in [-0.39, 0.29) is 5.82 Å². The highest BCUT2D eigenvalue weighted by atomic mass is 19.1. The fourth-order valence-corrected chi connectivity index (χ4v) is 4.46. The van der Waals surface area contributed by atoms with Crippen LogP contribution in [0, 0.1) is 12.7 Å². The molecule has 0 aliphatic carbocycles. The first-order valence-electron chi connectivity index (χ1n) is 11.4. The minimum atomic E-state index is -0.487. The van der Waals surface area contributed by atoms with Gasteiger partial charge in [-0.15, -0.1) is 0 Å². The molecule has 1 fully saturated rings. The standard InChI is InChI=1S/C25H27FN6O2/c1-17-7-9-18(10-8-17)15-32-21-22(29(2)25(34)28-23(21)33)27-24(32)31-13-11-30(12-14-31)16-19-5-3-4-6-20(19)26/h3-10H,11-16H2,1-2H3,(H,28,33,34). The third-order valence-corrected chi connectivity index (χ3v) is 6.46. The second-order valence-electron chi connectivity index (χ2n) is 8.83. The summed E-state index contributed by atoms with van der Waals surface area (Å²) in [5.74, 6) is 0.470. The Morgan fingerprint density at radius 1 is 0.971 bits per heavy atom. The number of nitrogens with zero attached hydrogens (tertiary/aromatic N) is 5. The highest BCUT2D eigenvalue weighted by molar-refractivity contribution is 5.74. The Morgan fingerprint density at radius 3 is 2.38 bits per heavy atom. The van der Waals surface area contributed by atoms with Crippen LogP contribution in [0.4, 0.5) is 10.3 Å². The molecule has 3 heterocycles. The molecule has 0 saturated carbocycles. The van der Waals surface area contributed by atoms with Crippen LogP contribution in [-0.2, 0) is 20.1 Å². The molecule has 1 aliphatic rings. The molecule has 2 aromatic carbocycles. The van der Waals surface area contributed by atoms with E-state index in [0.717, 1.165) is 24.2 Å². The van der Waals surface area contributed by atoms with Crippen LogP contribution in [0.25, 0.3) is 11.2 Å². The van der Waals surface area contributed by atoms with Crippen LogP contribution in [0.1, 0.15) is 16.7 Å². The zero-order valence-electron chi connectivity index (χ0n) is 19.3. The Labute approximate surface area is 195 Å². The molecular weight excluding hydrogens is 435 g/mol. The van der Waals surface area contributed by atoms with Gasteiger partial charge in [0.1, 0.15) is 5.82 Å². The van der Waals surface area contributed by atoms with Crippen molar-refractivity contribution in [3.63, 3.8) is 0 Å². The van der Waals surface area contributed by atoms with E-state index in [1.54, 1.807) is 13.1 Å². The quantitative estimate of drug-likeness (QED) is 0.492. The van der Waals surface area contributed by atoms with Gasteiger partial charge in [0.25, 0.3) is 5.56 Å². The number of imidazole rings is 1. The fourth-order valence-electron chi connectivity index (χ4n) is 4.46. The van der Waals surface area contributed by atoms with Gasteiger partial charge in [0.15, 0.2) is 11.2 Å². The molecule has 1 N–H and O–H groups in total. The van der Waals surface area contributed by atoms with E-state index in [4.69, 9.17) is 4.98 Å². The van der Waals surface area contributed by atoms with Gasteiger partial charge in [-0.2, -0.15) is 4.98 Å². The summed E-state index contributed by atoms with van der Waals surface area (Å²) >= 11 is 0. The highest BCUT2D eigenvalue weighted by Gasteiger charge is 2.25. The van der Waals surface area contributed by atoms with Crippen LogP contribution in [-0.4, -0.2) is 50.2 Å². The number of nitrogens with one attached hydrogen (secondary N) is 1. The van der Waals surface area contributed by atoms with Crippen LogP contribution in [0.5, 0.6) is 0 Å². The summed E-state index contributed by atoms with van der Waals surface area (Å²) < 4.78 is 17.4. The van der Waals surface area contributed by atoms with E-state index in [9.17, 15) is 14.0 Å². The fraction of sp³-hybridized carbons (Fsp3) is 0.320. The number of piperazine rings is 1. The molecule has 0 radical (unpaired) electrons. The molecule has 9 heteroatoms. The molecule has 0 spiro atoms. The van der Waals surface area contributed by atoms with Crippen LogP contribution < -0.4 is 16.1 Å². The van der Waals surface area contributed by atoms with Crippen molar-refractivity contribution in [3.05, 3.63) is 91.9 Å². The summed E-state index contributed by atoms with van der Waals surface area (Å²) in [4.78, 5) is 36.5. The number of aryl methyl sites for hydroxylation is 2. The average Bonchev–Trinajstić information content (AvgIpc) is 3.21. The molecular formula is C25H27FN6O2. The molecule has 0 unspecified atom stereocenters. The van der Waals surface area contributed by atoms with E-state index in [1.807, 2.05) is 47.9 Å². The molecule has 34 heavy (non-hydrogen) atoms. The van der Waals surface area contributed by atoms with Crippen LogP contribution in [0.2, 0.25) is 0 Å². The third kappa shape index (κ3) is 4.14. The van der Waals surface area contributed by atoms with E-state index >= 15 is 0 Å². The summed E-state index contributed by atoms with van der Waals surface area (Å²) in [6.07, 6.45) is 0. The second kappa shape index (κ2) is 8.90. The molecule has 176 valence electrons. The second-order valence-corrected chi connectivity index (χ2v) is 8.83. The monoisotopic (exact) mass is 462 g/mol. The Hall–Kier alpha value is -3.72. The predicted octanol–water partition coefficient (Wildman–Crippen LogP) is 2.24. The van der Waals surface area contributed by atoms with Gasteiger partial charge in [0.2, 0.25) is 5.95 Å². The van der Waals surface area contributed by atoms with Crippen molar-refractivity contribution in [2.75, 3.05) is 31.1 Å². The van der Waals surface area contributed by atoms with Crippen molar-refractivity contribution in [1.29, 1.82) is 0 Å². The van der Waals surface area contributed by atoms with Crippen molar-refractivity contribution < 1.29 is 4.39 Å². The number of benzene rings is 2. The molecule has 1 aliphatic heterocycles. The van der Waals surface area contributed by atoms with Gasteiger partial charge in [-0.25, -0.2) is 9.18 Å². The maximum absolute atomic E-state index is 14.1. The highest BCUT2D eigenvalue weighted by Crippen LogP contribution is 2.23. The first kappa shape index (κ1) is 22.1. The number of rotatable bonds is 5. The summed E-state index contributed by atoms with van der Waals surface area (Å²) in [5.41, 5.74) is 2.70. The molecule has 2 aromatic heterocycles. The molecule has 0 bridgehead atoms. The normalized spacial score (nSPS) is 14.7. The van der Waals surface area contributed by atoms with Gasteiger partial charge in [0, 0.05) is 45.3 Å². The van der Waals surface area contributed by atoms with Gasteiger partial charge >= 0.3 is 5.69 Å². The first-order valence-corrected chi connectivity index (χ1v) is 11.4. The Kier molecular flexibility index (Phi) is 5.79. The lowest BCUT2D eigenvalue weighted by Gasteiger charge is -2.35. The van der Waals surface area contributed by atoms with E-state index in [1.165, 1.54) is 10.6 Å². The number of aromatic amines is 1. The Balaban J connectivity index is 1.47. The van der Waals surface area contributed by atoms with Crippen LogP contribution in [0.3, 0.4) is 0 Å². The molecule has 8 nitrogen and oxygen atoms in total. The number of hydrogen-bond acceptors (Lipinski definition) is 5. The average molecular weight is 463 g/mol. The SMILES string of the molecule is Cc1ccc(Cn2c(N3CCN(Cc4ccccc4F)CC3)nc3c2c(=O)[nH]c(=O)n3C)cc1. The number of H-pyrrole nitrogens is 1. The van der Waals surface area contributed by atoms with Crippen molar-refractivity contribution in [1.82, 2.24) is 24.0 Å². The summed E-state index contributed by atoms with van der Waals surface area (Å²) in [5, 5.41) is 0. The van der Waals surface area contributed by atoms with E-state index in [2.05, 4.69) is 14.8 Å². The van der Waals surface area contributed by atoms with Gasteiger partial charge < -0.3 is 4.90 Å². The third-order valence-electron chi connectivity index (χ3n) is 6.46. The molecule has 4 aromatic rings. The van der Waals surface area contributed by atoms with Crippen LogP contribution in [0.15, 0.2) is 58.1 Å². The molecule has 0 amide bonds. The summed E-state index contributed by atoms with van der Waals surface area (Å²) in [6.45, 7) is 5.87. The van der Waals surface area contributed by atoms with Gasteiger partial charge in [-0.1, -0.05) is 48.0 Å². The largest absolute Gasteiger partial charge is 0.340 e. The van der Waals surface area contributed by atoms with E-state index in [0.29, 0.717) is 48.9 Å². The first-order chi connectivity index (χ1) is 16.4. The lowest BCUT2D eigenvalue weighted by molar-refractivity contribution is 0.245. The number of hydrogen-bond donors (Lipinski definition) is 1. The Bertz CT molecular complexity index is 1450. The zero-order chi connectivity index (χ0) is 23.8. The summed E-state index contributed by atoms with van der Waals surface area (Å²) in [6, 6.07) is 15.0. The summed E-state index contributed by atoms with van der Waals surface area (Å²) in [7, 11) is 1.61. The predicted molar refractivity (Wildman–Crippen MR) is 130 cm³/mol. The smallest absolute Gasteiger partial charge is 0.329 e. The lowest BCUT2D eigenvalue weighted by atomic mass is 10.1. The van der Waals surface area contributed by atoms with Gasteiger partial charge in [0.05, 0.1) is 6.54 Å². The number of halogens is 1. The zero-order valence-corrected chi connectivity index (χ0v) is 19.3. The van der Waals surface area contributed by atoms with Gasteiger partial charge in [-0.3, -0.25) is 23.8 Å². The molecule has 0 atom stereocenters. The number of aromatic nitrogens is 4. The molecule has 5 rings (SSSR count). The van der Waals surface area contributed by atoms with Crippen molar-refractivity contribution in [2.24, 2.45) is 7.05 Å². The minimum absolute atomic E-state index is 0.190. The van der Waals surface area contributed by atoms with E-state index < -0.39 is 11.2 Å². The van der Waals surface area contributed by atoms with Crippen molar-refractivity contribution in [3.8, 4) is 0 Å².